The Balaban J connectivity index is 2.02. The summed E-state index contributed by atoms with van der Waals surface area (Å²) in [6, 6.07) is 7.52. The van der Waals surface area contributed by atoms with Gasteiger partial charge in [0, 0.05) is 18.0 Å². The molecule has 0 bridgehead atoms. The van der Waals surface area contributed by atoms with Crippen LogP contribution in [-0.4, -0.2) is 23.8 Å². The van der Waals surface area contributed by atoms with Crippen molar-refractivity contribution in [3.8, 4) is 11.8 Å². The minimum Gasteiger partial charge on any atom is -0.395 e. The third kappa shape index (κ3) is 3.79. The molecule has 2 amide bonds. The first-order valence-corrected chi connectivity index (χ1v) is 6.06. The molecule has 3 N–H and O–H groups in total. The molecular weight excluding hydrogens is 228 g/mol. The Morgan fingerprint density at radius 3 is 2.89 bits per heavy atom. The van der Waals surface area contributed by atoms with Crippen molar-refractivity contribution in [1.29, 1.82) is 0 Å². The number of benzene rings is 1. The smallest absolute Gasteiger partial charge is 0.319 e. The topological polar surface area (TPSA) is 61.4 Å². The van der Waals surface area contributed by atoms with Crippen molar-refractivity contribution in [3.05, 3.63) is 29.8 Å². The van der Waals surface area contributed by atoms with E-state index in [1.165, 1.54) is 0 Å². The van der Waals surface area contributed by atoms with Crippen LogP contribution >= 0.6 is 0 Å². The van der Waals surface area contributed by atoms with Gasteiger partial charge >= 0.3 is 6.03 Å². The lowest BCUT2D eigenvalue weighted by Crippen LogP contribution is -2.30. The Morgan fingerprint density at radius 1 is 1.39 bits per heavy atom. The van der Waals surface area contributed by atoms with Crippen molar-refractivity contribution in [2.45, 2.75) is 25.3 Å². The summed E-state index contributed by atoms with van der Waals surface area (Å²) < 4.78 is 0. The van der Waals surface area contributed by atoms with E-state index in [2.05, 4.69) is 22.5 Å². The van der Waals surface area contributed by atoms with E-state index in [1.807, 2.05) is 24.3 Å². The van der Waals surface area contributed by atoms with E-state index in [4.69, 9.17) is 5.11 Å². The summed E-state index contributed by atoms with van der Waals surface area (Å²) in [6.07, 6.45) is 2.55. The quantitative estimate of drug-likeness (QED) is 0.709. The van der Waals surface area contributed by atoms with Gasteiger partial charge in [-0.25, -0.2) is 4.79 Å². The first-order valence-electron chi connectivity index (χ1n) is 6.06. The molecule has 1 aromatic rings. The predicted molar refractivity (Wildman–Crippen MR) is 70.2 cm³/mol. The van der Waals surface area contributed by atoms with Crippen LogP contribution in [0.2, 0.25) is 0 Å². The summed E-state index contributed by atoms with van der Waals surface area (Å²) in [6.45, 7) is 0.0464. The van der Waals surface area contributed by atoms with E-state index >= 15 is 0 Å². The molecule has 18 heavy (non-hydrogen) atoms. The Hall–Kier alpha value is -1.99. The molecule has 1 fully saturated rings. The largest absolute Gasteiger partial charge is 0.395 e. The molecule has 0 radical (unpaired) electrons. The number of anilines is 1. The zero-order valence-electron chi connectivity index (χ0n) is 10.1. The molecule has 4 heteroatoms. The summed E-state index contributed by atoms with van der Waals surface area (Å²) in [5.74, 6) is 5.78. The first-order chi connectivity index (χ1) is 8.79. The summed E-state index contributed by atoms with van der Waals surface area (Å²) in [5, 5.41) is 14.3. The molecule has 1 saturated carbocycles. The second kappa shape index (κ2) is 6.08. The Kier molecular flexibility index (Phi) is 4.21. The summed E-state index contributed by atoms with van der Waals surface area (Å²) in [5.41, 5.74) is 1.46. The lowest BCUT2D eigenvalue weighted by molar-refractivity contribution is 0.251. The zero-order valence-corrected chi connectivity index (χ0v) is 10.1. The molecule has 4 nitrogen and oxygen atoms in total. The molecule has 0 aliphatic heterocycles. The van der Waals surface area contributed by atoms with E-state index in [0.29, 0.717) is 18.2 Å². The molecule has 1 aliphatic rings. The number of aliphatic hydroxyl groups is 1. The average Bonchev–Trinajstić information content (AvgIpc) is 3.15. The average molecular weight is 244 g/mol. The normalized spacial score (nSPS) is 13.4. The van der Waals surface area contributed by atoms with Crippen molar-refractivity contribution in [2.75, 3.05) is 11.9 Å². The lowest BCUT2D eigenvalue weighted by Gasteiger charge is -2.08. The van der Waals surface area contributed by atoms with E-state index in [0.717, 1.165) is 18.4 Å². The number of hydrogen-bond donors (Lipinski definition) is 3. The number of amides is 2. The van der Waals surface area contributed by atoms with Crippen LogP contribution in [0, 0.1) is 11.8 Å². The Bertz CT molecular complexity index is 484. The molecule has 0 unspecified atom stereocenters. The van der Waals surface area contributed by atoms with Gasteiger partial charge in [-0.2, -0.15) is 0 Å². The fraction of sp³-hybridized carbons (Fsp3) is 0.357. The highest BCUT2D eigenvalue weighted by Gasteiger charge is 2.23. The van der Waals surface area contributed by atoms with E-state index in [9.17, 15) is 4.79 Å². The fourth-order valence-electron chi connectivity index (χ4n) is 1.49. The van der Waals surface area contributed by atoms with Crippen LogP contribution in [0.25, 0.3) is 0 Å². The molecule has 0 spiro atoms. The minimum absolute atomic E-state index is 0.0464. The van der Waals surface area contributed by atoms with Crippen molar-refractivity contribution < 1.29 is 9.90 Å². The fourth-order valence-corrected chi connectivity index (χ4v) is 1.49. The van der Waals surface area contributed by atoms with Crippen LogP contribution in [0.4, 0.5) is 10.5 Å². The Labute approximate surface area is 106 Å². The van der Waals surface area contributed by atoms with Gasteiger partial charge in [0.05, 0.1) is 12.3 Å². The third-order valence-corrected chi connectivity index (χ3v) is 2.55. The van der Waals surface area contributed by atoms with Gasteiger partial charge in [-0.1, -0.05) is 24.0 Å². The second-order valence-corrected chi connectivity index (χ2v) is 4.19. The van der Waals surface area contributed by atoms with Gasteiger partial charge in [0.1, 0.15) is 0 Å². The number of para-hydroxylation sites is 1. The number of nitrogens with one attached hydrogen (secondary N) is 2. The zero-order chi connectivity index (χ0) is 12.8. The molecule has 0 heterocycles. The number of rotatable bonds is 3. The summed E-state index contributed by atoms with van der Waals surface area (Å²) in [7, 11) is 0. The number of carbonyl (C=O) groups is 1. The predicted octanol–water partition coefficient (Wildman–Crippen LogP) is 1.70. The van der Waals surface area contributed by atoms with Crippen molar-refractivity contribution in [1.82, 2.24) is 5.32 Å². The summed E-state index contributed by atoms with van der Waals surface area (Å²) in [4.78, 5) is 11.6. The SMILES string of the molecule is O=C(Nc1ccccc1C#CCCO)NC1CC1. The van der Waals surface area contributed by atoms with Crippen LogP contribution in [0.3, 0.4) is 0 Å². The molecule has 94 valence electrons. The molecule has 1 aliphatic carbocycles. The van der Waals surface area contributed by atoms with Crippen LogP contribution < -0.4 is 10.6 Å². The maximum atomic E-state index is 11.6. The van der Waals surface area contributed by atoms with Gasteiger partial charge in [0.2, 0.25) is 0 Å². The number of aliphatic hydroxyl groups excluding tert-OH is 1. The van der Waals surface area contributed by atoms with Crippen LogP contribution in [0.15, 0.2) is 24.3 Å². The Morgan fingerprint density at radius 2 is 2.17 bits per heavy atom. The van der Waals surface area contributed by atoms with Gasteiger partial charge in [0.15, 0.2) is 0 Å². The van der Waals surface area contributed by atoms with Crippen LogP contribution in [0.1, 0.15) is 24.8 Å². The standard InChI is InChI=1S/C14H16N2O2/c17-10-4-3-6-11-5-1-2-7-13(11)16-14(18)15-12-8-9-12/h1-2,5,7,12,17H,4,8-10H2,(H2,15,16,18). The lowest BCUT2D eigenvalue weighted by atomic mass is 10.2. The van der Waals surface area contributed by atoms with E-state index in [1.54, 1.807) is 0 Å². The minimum atomic E-state index is -0.186. The monoisotopic (exact) mass is 244 g/mol. The van der Waals surface area contributed by atoms with E-state index in [-0.39, 0.29) is 12.6 Å². The number of urea groups is 1. The van der Waals surface area contributed by atoms with Gasteiger partial charge in [-0.05, 0) is 25.0 Å². The van der Waals surface area contributed by atoms with Gasteiger partial charge in [-0.3, -0.25) is 0 Å². The van der Waals surface area contributed by atoms with Gasteiger partial charge in [-0.15, -0.1) is 0 Å². The van der Waals surface area contributed by atoms with Gasteiger partial charge in [0.25, 0.3) is 0 Å². The number of hydrogen-bond acceptors (Lipinski definition) is 2. The maximum Gasteiger partial charge on any atom is 0.319 e. The van der Waals surface area contributed by atoms with Crippen LogP contribution in [0.5, 0.6) is 0 Å². The molecule has 0 aromatic heterocycles. The molecular formula is C14H16N2O2. The van der Waals surface area contributed by atoms with E-state index < -0.39 is 0 Å². The third-order valence-electron chi connectivity index (χ3n) is 2.55. The molecule has 0 atom stereocenters. The molecule has 0 saturated heterocycles. The second-order valence-electron chi connectivity index (χ2n) is 4.19. The highest BCUT2D eigenvalue weighted by molar-refractivity contribution is 5.91. The maximum absolute atomic E-state index is 11.6. The molecule has 1 aromatic carbocycles. The highest BCUT2D eigenvalue weighted by Crippen LogP contribution is 2.19. The number of carbonyl (C=O) groups excluding carboxylic acids is 1. The van der Waals surface area contributed by atoms with Crippen molar-refractivity contribution in [2.24, 2.45) is 0 Å². The van der Waals surface area contributed by atoms with Crippen molar-refractivity contribution >= 4 is 11.7 Å². The van der Waals surface area contributed by atoms with Crippen molar-refractivity contribution in [3.63, 3.8) is 0 Å². The van der Waals surface area contributed by atoms with Gasteiger partial charge < -0.3 is 15.7 Å². The first kappa shape index (κ1) is 12.5. The molecule has 2 rings (SSSR count). The highest BCUT2D eigenvalue weighted by atomic mass is 16.2. The van der Waals surface area contributed by atoms with Crippen LogP contribution in [-0.2, 0) is 0 Å². The summed E-state index contributed by atoms with van der Waals surface area (Å²) >= 11 is 0.